The molecule has 1 heterocycles. The Morgan fingerprint density at radius 2 is 2.19 bits per heavy atom. The van der Waals surface area contributed by atoms with Gasteiger partial charge in [0.15, 0.2) is 0 Å². The van der Waals surface area contributed by atoms with Crippen LogP contribution in [0.5, 0.6) is 0 Å². The highest BCUT2D eigenvalue weighted by Gasteiger charge is 2.21. The summed E-state index contributed by atoms with van der Waals surface area (Å²) in [7, 11) is 0. The molecule has 1 aliphatic carbocycles. The van der Waals surface area contributed by atoms with Crippen LogP contribution in [0.25, 0.3) is 0 Å². The molecule has 3 nitrogen and oxygen atoms in total. The SMILES string of the molecule is CCN(CC1CCCO1)c1ccc(CNC2CC2)c(Cl)c1. The number of halogens is 1. The van der Waals surface area contributed by atoms with Gasteiger partial charge in [-0.1, -0.05) is 17.7 Å². The Hall–Kier alpha value is -0.770. The van der Waals surface area contributed by atoms with Gasteiger partial charge in [0.05, 0.1) is 6.10 Å². The summed E-state index contributed by atoms with van der Waals surface area (Å²) in [6.45, 7) is 5.92. The average molecular weight is 309 g/mol. The Kier molecular flexibility index (Phi) is 5.04. The van der Waals surface area contributed by atoms with E-state index >= 15 is 0 Å². The third kappa shape index (κ3) is 4.12. The molecule has 0 bridgehead atoms. The summed E-state index contributed by atoms with van der Waals surface area (Å²) in [5.74, 6) is 0. The van der Waals surface area contributed by atoms with Gasteiger partial charge >= 0.3 is 0 Å². The molecule has 0 radical (unpaired) electrons. The summed E-state index contributed by atoms with van der Waals surface area (Å²) >= 11 is 6.45. The van der Waals surface area contributed by atoms with Crippen LogP contribution in [0.4, 0.5) is 5.69 Å². The number of benzene rings is 1. The molecule has 1 aromatic rings. The number of nitrogens with zero attached hydrogens (tertiary/aromatic N) is 1. The fraction of sp³-hybridized carbons (Fsp3) is 0.647. The molecule has 0 spiro atoms. The first-order valence-corrected chi connectivity index (χ1v) is 8.52. The molecule has 4 heteroatoms. The smallest absolute Gasteiger partial charge is 0.0750 e. The molecule has 3 rings (SSSR count). The molecule has 1 aliphatic heterocycles. The van der Waals surface area contributed by atoms with Gasteiger partial charge in [-0.15, -0.1) is 0 Å². The van der Waals surface area contributed by atoms with Crippen LogP contribution in [0, 0.1) is 0 Å². The van der Waals surface area contributed by atoms with Gasteiger partial charge in [-0.3, -0.25) is 0 Å². The molecule has 2 fully saturated rings. The highest BCUT2D eigenvalue weighted by molar-refractivity contribution is 6.31. The molecule has 0 amide bonds. The van der Waals surface area contributed by atoms with E-state index in [1.165, 1.54) is 36.9 Å². The first kappa shape index (κ1) is 15.1. The summed E-state index contributed by atoms with van der Waals surface area (Å²) in [5.41, 5.74) is 2.40. The van der Waals surface area contributed by atoms with Gasteiger partial charge in [-0.05, 0) is 50.3 Å². The minimum atomic E-state index is 0.375. The Labute approximate surface area is 132 Å². The monoisotopic (exact) mass is 308 g/mol. The van der Waals surface area contributed by atoms with Crippen LogP contribution >= 0.6 is 11.6 Å². The first-order chi connectivity index (χ1) is 10.3. The molecule has 0 aromatic heterocycles. The van der Waals surface area contributed by atoms with E-state index in [-0.39, 0.29) is 0 Å². The van der Waals surface area contributed by atoms with Gasteiger partial charge in [0.1, 0.15) is 0 Å². The number of anilines is 1. The van der Waals surface area contributed by atoms with E-state index in [9.17, 15) is 0 Å². The third-order valence-electron chi connectivity index (χ3n) is 4.39. The van der Waals surface area contributed by atoms with Crippen LogP contribution in [0.2, 0.25) is 5.02 Å². The number of nitrogens with one attached hydrogen (secondary N) is 1. The number of hydrogen-bond donors (Lipinski definition) is 1. The quantitative estimate of drug-likeness (QED) is 0.833. The number of likely N-dealkylation sites (N-methyl/N-ethyl adjacent to an activating group) is 1. The van der Waals surface area contributed by atoms with E-state index in [4.69, 9.17) is 16.3 Å². The lowest BCUT2D eigenvalue weighted by Gasteiger charge is -2.26. The molecular formula is C17H25ClN2O. The zero-order chi connectivity index (χ0) is 14.7. The molecule has 1 aromatic carbocycles. The summed E-state index contributed by atoms with van der Waals surface area (Å²) in [5, 5.41) is 4.38. The maximum atomic E-state index is 6.45. The van der Waals surface area contributed by atoms with Crippen molar-refractivity contribution in [3.63, 3.8) is 0 Å². The second kappa shape index (κ2) is 6.99. The number of ether oxygens (including phenoxy) is 1. The Balaban J connectivity index is 1.63. The van der Waals surface area contributed by atoms with Gasteiger partial charge in [0.2, 0.25) is 0 Å². The van der Waals surface area contributed by atoms with Crippen molar-refractivity contribution < 1.29 is 4.74 Å². The van der Waals surface area contributed by atoms with Crippen LogP contribution in [0.15, 0.2) is 18.2 Å². The third-order valence-corrected chi connectivity index (χ3v) is 4.74. The van der Waals surface area contributed by atoms with Gasteiger partial charge in [-0.25, -0.2) is 0 Å². The van der Waals surface area contributed by atoms with E-state index in [1.807, 2.05) is 0 Å². The predicted octanol–water partition coefficient (Wildman–Crippen LogP) is 3.60. The van der Waals surface area contributed by atoms with Crippen molar-refractivity contribution in [2.24, 2.45) is 0 Å². The minimum Gasteiger partial charge on any atom is -0.376 e. The van der Waals surface area contributed by atoms with Gasteiger partial charge in [0.25, 0.3) is 0 Å². The Bertz CT molecular complexity index is 470. The van der Waals surface area contributed by atoms with Crippen molar-refractivity contribution in [3.05, 3.63) is 28.8 Å². The van der Waals surface area contributed by atoms with Gasteiger partial charge in [-0.2, -0.15) is 0 Å². The molecule has 1 atom stereocenters. The van der Waals surface area contributed by atoms with Crippen molar-refractivity contribution in [3.8, 4) is 0 Å². The van der Waals surface area contributed by atoms with Gasteiger partial charge in [0, 0.05) is 43.0 Å². The summed E-state index contributed by atoms with van der Waals surface area (Å²) in [6, 6.07) is 7.16. The fourth-order valence-electron chi connectivity index (χ4n) is 2.87. The topological polar surface area (TPSA) is 24.5 Å². The van der Waals surface area contributed by atoms with E-state index in [0.29, 0.717) is 12.1 Å². The summed E-state index contributed by atoms with van der Waals surface area (Å²) in [4.78, 5) is 2.36. The van der Waals surface area contributed by atoms with Gasteiger partial charge < -0.3 is 15.0 Å². The highest BCUT2D eigenvalue weighted by Crippen LogP contribution is 2.26. The molecular weight excluding hydrogens is 284 g/mol. The van der Waals surface area contributed by atoms with E-state index in [2.05, 4.69) is 35.3 Å². The summed E-state index contributed by atoms with van der Waals surface area (Å²) in [6.07, 6.45) is 5.35. The molecule has 2 aliphatic rings. The minimum absolute atomic E-state index is 0.375. The number of hydrogen-bond acceptors (Lipinski definition) is 3. The van der Waals surface area contributed by atoms with Crippen molar-refractivity contribution >= 4 is 17.3 Å². The highest BCUT2D eigenvalue weighted by atomic mass is 35.5. The lowest BCUT2D eigenvalue weighted by atomic mass is 10.1. The number of rotatable bonds is 7. The van der Waals surface area contributed by atoms with Crippen LogP contribution in [-0.4, -0.2) is 31.8 Å². The molecule has 1 N–H and O–H groups in total. The molecule has 116 valence electrons. The Morgan fingerprint density at radius 1 is 1.33 bits per heavy atom. The van der Waals surface area contributed by atoms with E-state index in [1.54, 1.807) is 0 Å². The second-order valence-electron chi connectivity index (χ2n) is 6.10. The maximum absolute atomic E-state index is 6.45. The molecule has 1 saturated carbocycles. The van der Waals surface area contributed by atoms with Crippen LogP contribution in [0.1, 0.15) is 38.2 Å². The van der Waals surface area contributed by atoms with Crippen molar-refractivity contribution in [2.45, 2.75) is 51.3 Å². The van der Waals surface area contributed by atoms with Crippen LogP contribution < -0.4 is 10.2 Å². The predicted molar refractivity (Wildman–Crippen MR) is 88.2 cm³/mol. The van der Waals surface area contributed by atoms with E-state index < -0.39 is 0 Å². The lowest BCUT2D eigenvalue weighted by molar-refractivity contribution is 0.115. The maximum Gasteiger partial charge on any atom is 0.0750 e. The fourth-order valence-corrected chi connectivity index (χ4v) is 3.11. The second-order valence-corrected chi connectivity index (χ2v) is 6.51. The zero-order valence-corrected chi connectivity index (χ0v) is 13.5. The van der Waals surface area contributed by atoms with E-state index in [0.717, 1.165) is 31.3 Å². The zero-order valence-electron chi connectivity index (χ0n) is 12.8. The normalized spacial score (nSPS) is 21.7. The standard InChI is InChI=1S/C17H25ClN2O/c1-2-20(12-16-4-3-9-21-16)15-8-5-13(17(18)10-15)11-19-14-6-7-14/h5,8,10,14,16,19H,2-4,6-7,9,11-12H2,1H3. The van der Waals surface area contributed by atoms with Crippen molar-refractivity contribution in [1.29, 1.82) is 0 Å². The Morgan fingerprint density at radius 3 is 2.81 bits per heavy atom. The molecule has 1 saturated heterocycles. The van der Waals surface area contributed by atoms with Crippen molar-refractivity contribution in [1.82, 2.24) is 5.32 Å². The molecule has 21 heavy (non-hydrogen) atoms. The summed E-state index contributed by atoms with van der Waals surface area (Å²) < 4.78 is 5.75. The average Bonchev–Trinajstić information content (AvgIpc) is 3.18. The first-order valence-electron chi connectivity index (χ1n) is 8.14. The largest absolute Gasteiger partial charge is 0.376 e. The van der Waals surface area contributed by atoms with Crippen LogP contribution in [-0.2, 0) is 11.3 Å². The molecule has 1 unspecified atom stereocenters. The van der Waals surface area contributed by atoms with Crippen LogP contribution in [0.3, 0.4) is 0 Å². The van der Waals surface area contributed by atoms with Crippen molar-refractivity contribution in [2.75, 3.05) is 24.6 Å². The lowest BCUT2D eigenvalue weighted by Crippen LogP contribution is -2.32.